The fourth-order valence-electron chi connectivity index (χ4n) is 2.76. The number of methoxy groups -OCH3 is 2. The Labute approximate surface area is 113 Å². The molecule has 1 saturated carbocycles. The van der Waals surface area contributed by atoms with Gasteiger partial charge < -0.3 is 9.47 Å². The summed E-state index contributed by atoms with van der Waals surface area (Å²) in [6.45, 7) is 0.586. The third-order valence-electron chi connectivity index (χ3n) is 3.77. The van der Waals surface area contributed by atoms with Crippen LogP contribution in [-0.4, -0.2) is 36.6 Å². The minimum Gasteiger partial charge on any atom is -0.465 e. The summed E-state index contributed by atoms with van der Waals surface area (Å²) in [4.78, 5) is 11.8. The Balaban J connectivity index is 2.25. The average Bonchev–Trinajstić information content (AvgIpc) is 2.89. The number of nitrogens with zero attached hydrogens (tertiary/aromatic N) is 2. The van der Waals surface area contributed by atoms with Crippen LogP contribution >= 0.6 is 0 Å². The number of aromatic nitrogens is 2. The van der Waals surface area contributed by atoms with Crippen LogP contribution < -0.4 is 0 Å². The highest BCUT2D eigenvalue weighted by Gasteiger charge is 2.23. The SMILES string of the molecule is COCCc1c(C(=O)OC)cnn1C1CCCCC1. The molecule has 0 aliphatic heterocycles. The first-order chi connectivity index (χ1) is 9.27. The van der Waals surface area contributed by atoms with E-state index in [1.165, 1.54) is 26.4 Å². The van der Waals surface area contributed by atoms with E-state index in [0.29, 0.717) is 24.6 Å². The van der Waals surface area contributed by atoms with Crippen molar-refractivity contribution in [3.8, 4) is 0 Å². The molecule has 1 aromatic heterocycles. The first-order valence-electron chi connectivity index (χ1n) is 6.91. The van der Waals surface area contributed by atoms with Gasteiger partial charge in [-0.05, 0) is 12.8 Å². The summed E-state index contributed by atoms with van der Waals surface area (Å²) in [6, 6.07) is 0.416. The number of esters is 1. The molecule has 0 radical (unpaired) electrons. The van der Waals surface area contributed by atoms with Crippen LogP contribution in [0, 0.1) is 0 Å². The topological polar surface area (TPSA) is 53.4 Å². The Morgan fingerprint density at radius 2 is 2.11 bits per heavy atom. The summed E-state index contributed by atoms with van der Waals surface area (Å²) < 4.78 is 12.0. The molecule has 5 nitrogen and oxygen atoms in total. The molecule has 2 rings (SSSR count). The van der Waals surface area contributed by atoms with E-state index in [1.807, 2.05) is 4.68 Å². The molecule has 19 heavy (non-hydrogen) atoms. The first-order valence-corrected chi connectivity index (χ1v) is 6.91. The predicted molar refractivity (Wildman–Crippen MR) is 71.3 cm³/mol. The monoisotopic (exact) mass is 266 g/mol. The summed E-state index contributed by atoms with van der Waals surface area (Å²) in [5.41, 5.74) is 1.52. The normalized spacial score (nSPS) is 16.5. The van der Waals surface area contributed by atoms with Gasteiger partial charge >= 0.3 is 5.97 Å². The summed E-state index contributed by atoms with van der Waals surface area (Å²) in [6.07, 6.45) is 8.38. The third kappa shape index (κ3) is 3.15. The van der Waals surface area contributed by atoms with E-state index in [1.54, 1.807) is 13.3 Å². The molecule has 0 spiro atoms. The molecule has 0 N–H and O–H groups in total. The molecule has 1 aliphatic carbocycles. The molecular formula is C14H22N2O3. The van der Waals surface area contributed by atoms with Crippen molar-refractivity contribution in [3.63, 3.8) is 0 Å². The lowest BCUT2D eigenvalue weighted by molar-refractivity contribution is 0.0598. The summed E-state index contributed by atoms with van der Waals surface area (Å²) >= 11 is 0. The fraction of sp³-hybridized carbons (Fsp3) is 0.714. The second-order valence-electron chi connectivity index (χ2n) is 4.98. The quantitative estimate of drug-likeness (QED) is 0.768. The highest BCUT2D eigenvalue weighted by Crippen LogP contribution is 2.29. The van der Waals surface area contributed by atoms with Gasteiger partial charge in [0.1, 0.15) is 5.56 Å². The van der Waals surface area contributed by atoms with E-state index < -0.39 is 0 Å². The minimum absolute atomic E-state index is 0.312. The Kier molecular flexibility index (Phi) is 4.96. The lowest BCUT2D eigenvalue weighted by Crippen LogP contribution is -2.19. The highest BCUT2D eigenvalue weighted by molar-refractivity contribution is 5.90. The Morgan fingerprint density at radius 3 is 2.74 bits per heavy atom. The van der Waals surface area contributed by atoms with Crippen LogP contribution in [0.4, 0.5) is 0 Å². The van der Waals surface area contributed by atoms with Gasteiger partial charge in [0.15, 0.2) is 0 Å². The maximum Gasteiger partial charge on any atom is 0.341 e. The van der Waals surface area contributed by atoms with E-state index in [4.69, 9.17) is 9.47 Å². The van der Waals surface area contributed by atoms with E-state index in [9.17, 15) is 4.79 Å². The number of carbonyl (C=O) groups excluding carboxylic acids is 1. The number of carbonyl (C=O) groups is 1. The smallest absolute Gasteiger partial charge is 0.341 e. The van der Waals surface area contributed by atoms with Crippen LogP contribution in [0.25, 0.3) is 0 Å². The van der Waals surface area contributed by atoms with Gasteiger partial charge in [-0.2, -0.15) is 5.10 Å². The number of rotatable bonds is 5. The molecule has 0 unspecified atom stereocenters. The van der Waals surface area contributed by atoms with Crippen LogP contribution in [0.3, 0.4) is 0 Å². The second kappa shape index (κ2) is 6.70. The number of hydrogen-bond acceptors (Lipinski definition) is 4. The van der Waals surface area contributed by atoms with Gasteiger partial charge in [-0.15, -0.1) is 0 Å². The molecule has 5 heteroatoms. The Morgan fingerprint density at radius 1 is 1.37 bits per heavy atom. The third-order valence-corrected chi connectivity index (χ3v) is 3.77. The van der Waals surface area contributed by atoms with Gasteiger partial charge in [0, 0.05) is 13.5 Å². The van der Waals surface area contributed by atoms with Crippen molar-refractivity contribution in [1.82, 2.24) is 9.78 Å². The second-order valence-corrected chi connectivity index (χ2v) is 4.98. The van der Waals surface area contributed by atoms with Crippen LogP contribution in [0.5, 0.6) is 0 Å². The van der Waals surface area contributed by atoms with Gasteiger partial charge in [0.25, 0.3) is 0 Å². The van der Waals surface area contributed by atoms with Crippen molar-refractivity contribution in [2.75, 3.05) is 20.8 Å². The zero-order valence-corrected chi connectivity index (χ0v) is 11.7. The largest absolute Gasteiger partial charge is 0.465 e. The molecule has 1 heterocycles. The van der Waals surface area contributed by atoms with E-state index in [2.05, 4.69) is 5.10 Å². The van der Waals surface area contributed by atoms with Crippen LogP contribution in [-0.2, 0) is 15.9 Å². The minimum atomic E-state index is -0.312. The fourth-order valence-corrected chi connectivity index (χ4v) is 2.76. The van der Waals surface area contributed by atoms with E-state index >= 15 is 0 Å². The molecule has 0 amide bonds. The molecule has 1 fully saturated rings. The van der Waals surface area contributed by atoms with Crippen molar-refractivity contribution < 1.29 is 14.3 Å². The van der Waals surface area contributed by atoms with Gasteiger partial charge in [0.2, 0.25) is 0 Å². The standard InChI is InChI=1S/C14H22N2O3/c1-18-9-8-13-12(14(17)19-2)10-15-16(13)11-6-4-3-5-7-11/h10-11H,3-9H2,1-2H3. The van der Waals surface area contributed by atoms with Crippen molar-refractivity contribution in [3.05, 3.63) is 17.5 Å². The van der Waals surface area contributed by atoms with Gasteiger partial charge in [-0.3, -0.25) is 4.68 Å². The predicted octanol–water partition coefficient (Wildman–Crippen LogP) is 2.36. The number of hydrogen-bond donors (Lipinski definition) is 0. The first kappa shape index (κ1) is 14.1. The van der Waals surface area contributed by atoms with E-state index in [0.717, 1.165) is 18.5 Å². The van der Waals surface area contributed by atoms with Crippen molar-refractivity contribution in [2.45, 2.75) is 44.6 Å². The van der Waals surface area contributed by atoms with Gasteiger partial charge in [-0.1, -0.05) is 19.3 Å². The molecular weight excluding hydrogens is 244 g/mol. The summed E-state index contributed by atoms with van der Waals surface area (Å²) in [5.74, 6) is -0.312. The zero-order chi connectivity index (χ0) is 13.7. The summed E-state index contributed by atoms with van der Waals surface area (Å²) in [5, 5.41) is 4.42. The van der Waals surface area contributed by atoms with Crippen LogP contribution in [0.1, 0.15) is 54.2 Å². The van der Waals surface area contributed by atoms with E-state index in [-0.39, 0.29) is 5.97 Å². The molecule has 0 atom stereocenters. The molecule has 1 aliphatic rings. The van der Waals surface area contributed by atoms with Gasteiger partial charge in [0.05, 0.1) is 31.6 Å². The number of ether oxygens (including phenoxy) is 2. The highest BCUT2D eigenvalue weighted by atomic mass is 16.5. The Bertz CT molecular complexity index is 422. The molecule has 1 aromatic rings. The molecule has 0 saturated heterocycles. The Hall–Kier alpha value is -1.36. The van der Waals surface area contributed by atoms with Crippen molar-refractivity contribution >= 4 is 5.97 Å². The van der Waals surface area contributed by atoms with Crippen LogP contribution in [0.2, 0.25) is 0 Å². The lowest BCUT2D eigenvalue weighted by Gasteiger charge is -2.24. The van der Waals surface area contributed by atoms with Crippen molar-refractivity contribution in [1.29, 1.82) is 0 Å². The average molecular weight is 266 g/mol. The van der Waals surface area contributed by atoms with Crippen molar-refractivity contribution in [2.24, 2.45) is 0 Å². The zero-order valence-electron chi connectivity index (χ0n) is 11.7. The molecule has 106 valence electrons. The lowest BCUT2D eigenvalue weighted by atomic mass is 9.95. The van der Waals surface area contributed by atoms with Crippen LogP contribution in [0.15, 0.2) is 6.20 Å². The van der Waals surface area contributed by atoms with Gasteiger partial charge in [-0.25, -0.2) is 4.79 Å². The summed E-state index contributed by atoms with van der Waals surface area (Å²) in [7, 11) is 3.07. The maximum atomic E-state index is 11.8. The maximum absolute atomic E-state index is 11.8. The molecule has 0 bridgehead atoms. The molecule has 0 aromatic carbocycles.